The Kier molecular flexibility index (Phi) is 8.51. The van der Waals surface area contributed by atoms with Crippen molar-refractivity contribution in [1.29, 1.82) is 0 Å². The molecule has 0 aromatic carbocycles. The van der Waals surface area contributed by atoms with Crippen LogP contribution in [-0.4, -0.2) is 22.9 Å². The first-order valence-electron chi connectivity index (χ1n) is 4.73. The normalized spacial score (nSPS) is 13.9. The first-order chi connectivity index (χ1) is 5.81. The minimum absolute atomic E-state index is 0.274. The summed E-state index contributed by atoms with van der Waals surface area (Å²) in [6, 6.07) is 0. The van der Waals surface area contributed by atoms with Gasteiger partial charge in [-0.3, -0.25) is 0 Å². The van der Waals surface area contributed by atoms with Crippen LogP contribution < -0.4 is 0 Å². The lowest BCUT2D eigenvalue weighted by atomic mass is 10.1. The third-order valence-electron chi connectivity index (χ3n) is 1.82. The van der Waals surface area contributed by atoms with E-state index in [9.17, 15) is 5.11 Å². The second-order valence-corrected chi connectivity index (χ2v) is 3.02. The molecule has 0 radical (unpaired) electrons. The van der Waals surface area contributed by atoms with Crippen molar-refractivity contribution in [3.8, 4) is 0 Å². The first kappa shape index (κ1) is 11.7. The molecule has 0 amide bonds. The van der Waals surface area contributed by atoms with Crippen LogP contribution in [0.4, 0.5) is 0 Å². The summed E-state index contributed by atoms with van der Waals surface area (Å²) in [5.41, 5.74) is 0. The van der Waals surface area contributed by atoms with E-state index < -0.39 is 0 Å². The van der Waals surface area contributed by atoms with E-state index in [2.05, 4.69) is 0 Å². The van der Waals surface area contributed by atoms with Gasteiger partial charge in [0.15, 0.2) is 0 Å². The van der Waals surface area contributed by atoms with Crippen LogP contribution in [0.25, 0.3) is 0 Å². The van der Waals surface area contributed by atoms with Crippen LogP contribution >= 0.6 is 0 Å². The predicted molar refractivity (Wildman–Crippen MR) is 51.0 cm³/mol. The van der Waals surface area contributed by atoms with Gasteiger partial charge in [0.25, 0.3) is 0 Å². The molecule has 0 rings (SSSR count). The zero-order valence-corrected chi connectivity index (χ0v) is 7.87. The van der Waals surface area contributed by atoms with Gasteiger partial charge in [-0.05, 0) is 19.8 Å². The highest BCUT2D eigenvalue weighted by atomic mass is 16.3. The van der Waals surface area contributed by atoms with Crippen molar-refractivity contribution in [3.05, 3.63) is 12.2 Å². The molecule has 2 nitrogen and oxygen atoms in total. The fraction of sp³-hybridized carbons (Fsp3) is 0.800. The van der Waals surface area contributed by atoms with Gasteiger partial charge in [0.2, 0.25) is 0 Å². The van der Waals surface area contributed by atoms with Gasteiger partial charge < -0.3 is 10.2 Å². The van der Waals surface area contributed by atoms with Crippen LogP contribution in [0.5, 0.6) is 0 Å². The van der Waals surface area contributed by atoms with Gasteiger partial charge in [0.1, 0.15) is 0 Å². The van der Waals surface area contributed by atoms with Gasteiger partial charge in [0, 0.05) is 6.61 Å². The maximum absolute atomic E-state index is 9.27. The smallest absolute Gasteiger partial charge is 0.0720 e. The van der Waals surface area contributed by atoms with Gasteiger partial charge in [-0.25, -0.2) is 0 Å². The van der Waals surface area contributed by atoms with Crippen LogP contribution in [0.15, 0.2) is 12.2 Å². The molecule has 2 heteroatoms. The number of rotatable bonds is 7. The number of aliphatic hydroxyl groups excluding tert-OH is 2. The number of allylic oxidation sites excluding steroid dienone is 1. The lowest BCUT2D eigenvalue weighted by Gasteiger charge is -2.03. The maximum Gasteiger partial charge on any atom is 0.0720 e. The molecule has 1 atom stereocenters. The highest BCUT2D eigenvalue weighted by Crippen LogP contribution is 2.06. The average molecular weight is 172 g/mol. The van der Waals surface area contributed by atoms with Gasteiger partial charge in [0.05, 0.1) is 6.10 Å². The summed E-state index contributed by atoms with van der Waals surface area (Å²) in [7, 11) is 0. The quantitative estimate of drug-likeness (QED) is 0.454. The van der Waals surface area contributed by atoms with Gasteiger partial charge in [-0.1, -0.05) is 31.4 Å². The molecule has 1 unspecified atom stereocenters. The zero-order valence-electron chi connectivity index (χ0n) is 7.87. The highest BCUT2D eigenvalue weighted by Gasteiger charge is 1.97. The SMILES string of the molecule is C/C=C/C(O)CCCCCCO. The van der Waals surface area contributed by atoms with Crippen molar-refractivity contribution < 1.29 is 10.2 Å². The molecule has 0 fully saturated rings. The molecule has 0 aliphatic heterocycles. The Morgan fingerprint density at radius 2 is 1.83 bits per heavy atom. The largest absolute Gasteiger partial charge is 0.396 e. The van der Waals surface area contributed by atoms with E-state index in [-0.39, 0.29) is 12.7 Å². The molecule has 12 heavy (non-hydrogen) atoms. The third-order valence-corrected chi connectivity index (χ3v) is 1.82. The Bertz CT molecular complexity index is 110. The third kappa shape index (κ3) is 7.76. The van der Waals surface area contributed by atoms with Crippen LogP contribution in [-0.2, 0) is 0 Å². The van der Waals surface area contributed by atoms with E-state index in [1.807, 2.05) is 19.1 Å². The summed E-state index contributed by atoms with van der Waals surface area (Å²) in [5, 5.41) is 17.8. The second kappa shape index (κ2) is 8.75. The van der Waals surface area contributed by atoms with Gasteiger partial charge >= 0.3 is 0 Å². The summed E-state index contributed by atoms with van der Waals surface area (Å²) in [6.45, 7) is 2.20. The summed E-state index contributed by atoms with van der Waals surface area (Å²) in [5.74, 6) is 0. The molecule has 0 bridgehead atoms. The highest BCUT2D eigenvalue weighted by molar-refractivity contribution is 4.84. The Morgan fingerprint density at radius 1 is 1.17 bits per heavy atom. The van der Waals surface area contributed by atoms with Crippen LogP contribution in [0.3, 0.4) is 0 Å². The molecule has 72 valence electrons. The van der Waals surface area contributed by atoms with E-state index in [0.717, 1.165) is 32.1 Å². The van der Waals surface area contributed by atoms with E-state index in [1.54, 1.807) is 0 Å². The molecule has 0 aromatic heterocycles. The van der Waals surface area contributed by atoms with Crippen molar-refractivity contribution in [2.75, 3.05) is 6.61 Å². The predicted octanol–water partition coefficient (Wildman–Crippen LogP) is 1.87. The average Bonchev–Trinajstić information content (AvgIpc) is 2.05. The summed E-state index contributed by atoms with van der Waals surface area (Å²) in [6.07, 6.45) is 8.36. The van der Waals surface area contributed by atoms with Crippen molar-refractivity contribution in [3.63, 3.8) is 0 Å². The van der Waals surface area contributed by atoms with E-state index in [0.29, 0.717) is 0 Å². The molecule has 0 saturated carbocycles. The fourth-order valence-electron chi connectivity index (χ4n) is 1.14. The van der Waals surface area contributed by atoms with Crippen molar-refractivity contribution in [1.82, 2.24) is 0 Å². The minimum atomic E-state index is -0.274. The fourth-order valence-corrected chi connectivity index (χ4v) is 1.14. The molecular formula is C10H20O2. The Hall–Kier alpha value is -0.340. The molecule has 0 aliphatic carbocycles. The minimum Gasteiger partial charge on any atom is -0.396 e. The van der Waals surface area contributed by atoms with Gasteiger partial charge in [-0.15, -0.1) is 0 Å². The Labute approximate surface area is 74.9 Å². The second-order valence-electron chi connectivity index (χ2n) is 3.02. The topological polar surface area (TPSA) is 40.5 Å². The maximum atomic E-state index is 9.27. The Morgan fingerprint density at radius 3 is 2.42 bits per heavy atom. The number of unbranched alkanes of at least 4 members (excludes halogenated alkanes) is 3. The molecular weight excluding hydrogens is 152 g/mol. The number of hydrogen-bond donors (Lipinski definition) is 2. The van der Waals surface area contributed by atoms with E-state index in [1.165, 1.54) is 0 Å². The molecule has 0 saturated heterocycles. The van der Waals surface area contributed by atoms with Crippen molar-refractivity contribution in [2.24, 2.45) is 0 Å². The molecule has 0 aliphatic rings. The lowest BCUT2D eigenvalue weighted by Crippen LogP contribution is -2.01. The molecule has 0 aromatic rings. The van der Waals surface area contributed by atoms with Gasteiger partial charge in [-0.2, -0.15) is 0 Å². The molecule has 0 heterocycles. The number of hydrogen-bond acceptors (Lipinski definition) is 2. The van der Waals surface area contributed by atoms with Crippen molar-refractivity contribution >= 4 is 0 Å². The van der Waals surface area contributed by atoms with Crippen LogP contribution in [0, 0.1) is 0 Å². The first-order valence-corrected chi connectivity index (χ1v) is 4.73. The lowest BCUT2D eigenvalue weighted by molar-refractivity contribution is 0.207. The molecule has 2 N–H and O–H groups in total. The summed E-state index contributed by atoms with van der Waals surface area (Å²) in [4.78, 5) is 0. The van der Waals surface area contributed by atoms with Crippen LogP contribution in [0.1, 0.15) is 39.0 Å². The van der Waals surface area contributed by atoms with E-state index in [4.69, 9.17) is 5.11 Å². The summed E-state index contributed by atoms with van der Waals surface area (Å²) < 4.78 is 0. The standard InChI is InChI=1S/C10H20O2/c1-2-7-10(12)8-5-3-4-6-9-11/h2,7,10-12H,3-6,8-9H2,1H3/b7-2+. The van der Waals surface area contributed by atoms with Crippen LogP contribution in [0.2, 0.25) is 0 Å². The zero-order chi connectivity index (χ0) is 9.23. The van der Waals surface area contributed by atoms with Crippen molar-refractivity contribution in [2.45, 2.75) is 45.1 Å². The Balaban J connectivity index is 3.08. The monoisotopic (exact) mass is 172 g/mol. The summed E-state index contributed by atoms with van der Waals surface area (Å²) >= 11 is 0. The van der Waals surface area contributed by atoms with E-state index >= 15 is 0 Å². The molecule has 0 spiro atoms. The number of aliphatic hydroxyl groups is 2.